The van der Waals surface area contributed by atoms with Crippen molar-refractivity contribution in [3.63, 3.8) is 0 Å². The van der Waals surface area contributed by atoms with Gasteiger partial charge >= 0.3 is 0 Å². The van der Waals surface area contributed by atoms with Crippen molar-refractivity contribution in [1.82, 2.24) is 0 Å². The number of aliphatic carboxylic acids is 1. The maximum Gasteiger partial charge on any atom is 0.300 e. The molecule has 5 N–H and O–H groups in total. The summed E-state index contributed by atoms with van der Waals surface area (Å²) in [5, 5.41) is 15.5. The lowest BCUT2D eigenvalue weighted by atomic mass is 10.2. The number of nitrogens with two attached hydrogens (primary N) is 2. The van der Waals surface area contributed by atoms with Crippen molar-refractivity contribution in [3.05, 3.63) is 48.5 Å². The summed E-state index contributed by atoms with van der Waals surface area (Å²) in [4.78, 5) is 9.00. The van der Waals surface area contributed by atoms with E-state index in [9.17, 15) is 0 Å². The Bertz CT molecular complexity index is 593. The lowest BCUT2D eigenvalue weighted by Gasteiger charge is -1.99. The van der Waals surface area contributed by atoms with Crippen LogP contribution in [0.4, 0.5) is 22.7 Å². The maximum absolute atomic E-state index is 9.00. The summed E-state index contributed by atoms with van der Waals surface area (Å²) in [6, 6.07) is 14.6. The van der Waals surface area contributed by atoms with Crippen LogP contribution in [0, 0.1) is 0 Å². The van der Waals surface area contributed by atoms with E-state index >= 15 is 0 Å². The van der Waals surface area contributed by atoms with Crippen molar-refractivity contribution < 1.29 is 9.90 Å². The highest BCUT2D eigenvalue weighted by Gasteiger charge is 1.97. The van der Waals surface area contributed by atoms with Gasteiger partial charge in [0.1, 0.15) is 5.69 Å². The molecule has 0 aliphatic rings. The quantitative estimate of drug-likeness (QED) is 0.574. The molecule has 104 valence electrons. The van der Waals surface area contributed by atoms with Crippen LogP contribution in [0.25, 0.3) is 0 Å². The summed E-state index contributed by atoms with van der Waals surface area (Å²) < 4.78 is 0. The van der Waals surface area contributed by atoms with Crippen molar-refractivity contribution in [2.45, 2.75) is 6.92 Å². The summed E-state index contributed by atoms with van der Waals surface area (Å²) in [6.07, 6.45) is 0. The van der Waals surface area contributed by atoms with E-state index < -0.39 is 5.97 Å². The smallest absolute Gasteiger partial charge is 0.300 e. The van der Waals surface area contributed by atoms with Crippen molar-refractivity contribution in [3.8, 4) is 0 Å². The molecule has 0 aliphatic heterocycles. The highest BCUT2D eigenvalue weighted by Crippen LogP contribution is 2.26. The molecule has 0 aromatic heterocycles. The Morgan fingerprint density at radius 3 is 2.20 bits per heavy atom. The standard InChI is InChI=1S/C12H12N4.C2H4O2/c13-9-6-7-12(11(14)8-9)16-15-10-4-2-1-3-5-10;1-2(3)4/h1-8H,13-14H2;1H3,(H,3,4). The summed E-state index contributed by atoms with van der Waals surface area (Å²) in [5.41, 5.74) is 13.9. The Morgan fingerprint density at radius 2 is 1.65 bits per heavy atom. The van der Waals surface area contributed by atoms with Crippen LogP contribution in [-0.2, 0) is 4.79 Å². The fraction of sp³-hybridized carbons (Fsp3) is 0.0714. The van der Waals surface area contributed by atoms with Crippen molar-refractivity contribution in [2.75, 3.05) is 11.5 Å². The molecule has 0 bridgehead atoms. The summed E-state index contributed by atoms with van der Waals surface area (Å²) in [6.45, 7) is 1.08. The fourth-order valence-electron chi connectivity index (χ4n) is 1.27. The Hall–Kier alpha value is -2.89. The molecule has 0 saturated carbocycles. The summed E-state index contributed by atoms with van der Waals surface area (Å²) >= 11 is 0. The van der Waals surface area contributed by atoms with Gasteiger partial charge in [0.15, 0.2) is 0 Å². The van der Waals surface area contributed by atoms with Crippen LogP contribution in [0.1, 0.15) is 6.92 Å². The van der Waals surface area contributed by atoms with E-state index in [1.165, 1.54) is 0 Å². The first-order chi connectivity index (χ1) is 9.49. The average Bonchev–Trinajstić information content (AvgIpc) is 2.38. The van der Waals surface area contributed by atoms with Gasteiger partial charge in [-0.2, -0.15) is 5.11 Å². The Labute approximate surface area is 116 Å². The second-order valence-electron chi connectivity index (χ2n) is 3.87. The normalized spacial score (nSPS) is 9.85. The third kappa shape index (κ3) is 5.63. The first-order valence-corrected chi connectivity index (χ1v) is 5.80. The Morgan fingerprint density at radius 1 is 1.05 bits per heavy atom. The van der Waals surface area contributed by atoms with Gasteiger partial charge in [0.05, 0.1) is 11.4 Å². The molecule has 0 spiro atoms. The molecule has 0 unspecified atom stereocenters. The second-order valence-corrected chi connectivity index (χ2v) is 3.87. The van der Waals surface area contributed by atoms with Crippen LogP contribution in [0.3, 0.4) is 0 Å². The highest BCUT2D eigenvalue weighted by molar-refractivity contribution is 5.67. The molecule has 0 fully saturated rings. The third-order valence-electron chi connectivity index (χ3n) is 2.08. The van der Waals surface area contributed by atoms with Gasteiger partial charge in [0, 0.05) is 12.6 Å². The first kappa shape index (κ1) is 15.2. The van der Waals surface area contributed by atoms with Gasteiger partial charge < -0.3 is 16.6 Å². The van der Waals surface area contributed by atoms with E-state index in [4.69, 9.17) is 21.4 Å². The number of benzene rings is 2. The minimum absolute atomic E-state index is 0.527. The molecule has 2 aromatic rings. The lowest BCUT2D eigenvalue weighted by Crippen LogP contribution is -1.89. The number of carboxylic acid groups (broad SMARTS) is 1. The first-order valence-electron chi connectivity index (χ1n) is 5.80. The molecule has 0 atom stereocenters. The lowest BCUT2D eigenvalue weighted by molar-refractivity contribution is -0.134. The molecular weight excluding hydrogens is 256 g/mol. The molecule has 0 heterocycles. The molecular formula is C14H16N4O2. The van der Waals surface area contributed by atoms with Crippen LogP contribution in [0.2, 0.25) is 0 Å². The minimum Gasteiger partial charge on any atom is -0.481 e. The molecule has 2 rings (SSSR count). The molecule has 2 aromatic carbocycles. The summed E-state index contributed by atoms with van der Waals surface area (Å²) in [7, 11) is 0. The van der Waals surface area contributed by atoms with Gasteiger partial charge in [-0.1, -0.05) is 18.2 Å². The van der Waals surface area contributed by atoms with Gasteiger partial charge in [-0.3, -0.25) is 4.79 Å². The van der Waals surface area contributed by atoms with E-state index in [0.717, 1.165) is 12.6 Å². The number of nitrogen functional groups attached to an aromatic ring is 2. The monoisotopic (exact) mass is 272 g/mol. The zero-order chi connectivity index (χ0) is 15.0. The number of anilines is 2. The van der Waals surface area contributed by atoms with Crippen LogP contribution in [-0.4, -0.2) is 11.1 Å². The van der Waals surface area contributed by atoms with E-state index in [-0.39, 0.29) is 0 Å². The third-order valence-corrected chi connectivity index (χ3v) is 2.08. The zero-order valence-electron chi connectivity index (χ0n) is 11.0. The predicted octanol–water partition coefficient (Wildman–Crippen LogP) is 3.36. The van der Waals surface area contributed by atoms with Crippen LogP contribution >= 0.6 is 0 Å². The highest BCUT2D eigenvalue weighted by atomic mass is 16.4. The van der Waals surface area contributed by atoms with Crippen molar-refractivity contribution in [2.24, 2.45) is 10.2 Å². The summed E-state index contributed by atoms with van der Waals surface area (Å²) in [5.74, 6) is -0.833. The SMILES string of the molecule is CC(=O)O.Nc1ccc(N=Nc2ccccc2)c(N)c1. The topological polar surface area (TPSA) is 114 Å². The van der Waals surface area contributed by atoms with Crippen molar-refractivity contribution >= 4 is 28.7 Å². The van der Waals surface area contributed by atoms with Crippen LogP contribution in [0.15, 0.2) is 58.8 Å². The van der Waals surface area contributed by atoms with Crippen molar-refractivity contribution in [1.29, 1.82) is 0 Å². The number of azo groups is 1. The molecule has 6 nitrogen and oxygen atoms in total. The van der Waals surface area contributed by atoms with E-state index in [1.807, 2.05) is 30.3 Å². The number of carbonyl (C=O) groups is 1. The maximum atomic E-state index is 9.00. The fourth-order valence-corrected chi connectivity index (χ4v) is 1.27. The van der Waals surface area contributed by atoms with Crippen LogP contribution in [0.5, 0.6) is 0 Å². The molecule has 6 heteroatoms. The zero-order valence-corrected chi connectivity index (χ0v) is 11.0. The van der Waals surface area contributed by atoms with Crippen LogP contribution < -0.4 is 11.5 Å². The average molecular weight is 272 g/mol. The van der Waals surface area contributed by atoms with E-state index in [2.05, 4.69) is 10.2 Å². The molecule has 0 amide bonds. The van der Waals surface area contributed by atoms with E-state index in [0.29, 0.717) is 17.1 Å². The number of hydrogen-bond donors (Lipinski definition) is 3. The van der Waals surface area contributed by atoms with Gasteiger partial charge in [0.25, 0.3) is 5.97 Å². The molecule has 0 saturated heterocycles. The van der Waals surface area contributed by atoms with Gasteiger partial charge in [0.2, 0.25) is 0 Å². The van der Waals surface area contributed by atoms with Gasteiger partial charge in [-0.25, -0.2) is 0 Å². The number of nitrogens with zero attached hydrogens (tertiary/aromatic N) is 2. The number of hydrogen-bond acceptors (Lipinski definition) is 5. The van der Waals surface area contributed by atoms with E-state index in [1.54, 1.807) is 18.2 Å². The predicted molar refractivity (Wildman–Crippen MR) is 79.2 cm³/mol. The molecule has 0 aliphatic carbocycles. The number of carboxylic acids is 1. The molecule has 20 heavy (non-hydrogen) atoms. The van der Waals surface area contributed by atoms with Gasteiger partial charge in [-0.15, -0.1) is 5.11 Å². The second kappa shape index (κ2) is 7.52. The molecule has 0 radical (unpaired) electrons. The van der Waals surface area contributed by atoms with Gasteiger partial charge in [-0.05, 0) is 30.3 Å². The Kier molecular flexibility index (Phi) is 5.71. The Balaban J connectivity index is 0.000000444. The number of rotatable bonds is 2. The minimum atomic E-state index is -0.833. The largest absolute Gasteiger partial charge is 0.481 e.